The van der Waals surface area contributed by atoms with Crippen LogP contribution < -0.4 is 0 Å². The highest BCUT2D eigenvalue weighted by Crippen LogP contribution is 2.21. The van der Waals surface area contributed by atoms with Crippen molar-refractivity contribution in [3.05, 3.63) is 64.9 Å². The third-order valence-corrected chi connectivity index (χ3v) is 5.42. The summed E-state index contributed by atoms with van der Waals surface area (Å²) < 4.78 is 13.3. The third-order valence-electron chi connectivity index (χ3n) is 4.17. The highest BCUT2D eigenvalue weighted by molar-refractivity contribution is 8.00. The number of hydrogen-bond donors (Lipinski definition) is 0. The van der Waals surface area contributed by atoms with Crippen LogP contribution in [0.15, 0.2) is 53.4 Å². The summed E-state index contributed by atoms with van der Waals surface area (Å²) in [5.74, 6) is -0.238. The monoisotopic (exact) mass is 392 g/mol. The third kappa shape index (κ3) is 4.77. The van der Waals surface area contributed by atoms with Crippen LogP contribution in [0.4, 0.5) is 4.39 Å². The van der Waals surface area contributed by atoms with E-state index >= 15 is 0 Å². The first kappa shape index (κ1) is 18.7. The maximum Gasteiger partial charge on any atom is 0.254 e. The van der Waals surface area contributed by atoms with Crippen molar-refractivity contribution in [2.24, 2.45) is 0 Å². The van der Waals surface area contributed by atoms with Crippen molar-refractivity contribution in [1.82, 2.24) is 9.80 Å². The Morgan fingerprint density at radius 1 is 1.00 bits per heavy atom. The van der Waals surface area contributed by atoms with E-state index < -0.39 is 5.82 Å². The van der Waals surface area contributed by atoms with Gasteiger partial charge in [0.1, 0.15) is 5.82 Å². The van der Waals surface area contributed by atoms with Gasteiger partial charge in [-0.25, -0.2) is 4.39 Å². The fourth-order valence-electron chi connectivity index (χ4n) is 2.73. The molecule has 0 aromatic heterocycles. The molecule has 0 radical (unpaired) electrons. The number of hydrogen-bond acceptors (Lipinski definition) is 3. The van der Waals surface area contributed by atoms with E-state index in [2.05, 4.69) is 0 Å². The average molecular weight is 393 g/mol. The first-order valence-corrected chi connectivity index (χ1v) is 9.60. The second-order valence-electron chi connectivity index (χ2n) is 5.93. The number of halogens is 2. The Morgan fingerprint density at radius 3 is 2.31 bits per heavy atom. The molecule has 1 aliphatic rings. The predicted octanol–water partition coefficient (Wildman–Crippen LogP) is 3.56. The normalized spacial score (nSPS) is 14.4. The van der Waals surface area contributed by atoms with E-state index in [-0.39, 0.29) is 11.8 Å². The minimum atomic E-state index is -0.427. The Balaban J connectivity index is 1.49. The van der Waals surface area contributed by atoms with Crippen LogP contribution in [0.1, 0.15) is 10.4 Å². The largest absolute Gasteiger partial charge is 0.338 e. The molecular formula is C19H18ClFN2O2S. The molecule has 2 aromatic rings. The zero-order valence-corrected chi connectivity index (χ0v) is 15.6. The average Bonchev–Trinajstić information content (AvgIpc) is 2.67. The van der Waals surface area contributed by atoms with E-state index in [1.165, 1.54) is 30.0 Å². The van der Waals surface area contributed by atoms with Crippen molar-refractivity contribution < 1.29 is 14.0 Å². The van der Waals surface area contributed by atoms with Gasteiger partial charge in [-0.3, -0.25) is 9.59 Å². The van der Waals surface area contributed by atoms with E-state index in [0.717, 1.165) is 4.90 Å². The van der Waals surface area contributed by atoms with Gasteiger partial charge in [-0.05, 0) is 42.5 Å². The molecule has 1 fully saturated rings. The first-order valence-electron chi connectivity index (χ1n) is 8.24. The van der Waals surface area contributed by atoms with Gasteiger partial charge in [0.15, 0.2) is 0 Å². The summed E-state index contributed by atoms with van der Waals surface area (Å²) in [7, 11) is 0. The fraction of sp³-hybridized carbons (Fsp3) is 0.263. The van der Waals surface area contributed by atoms with Crippen molar-refractivity contribution >= 4 is 35.2 Å². The maximum atomic E-state index is 13.3. The number of carbonyl (C=O) groups excluding carboxylic acids is 2. The Kier molecular flexibility index (Phi) is 6.16. The SMILES string of the molecule is O=C(CSc1ccc(Cl)cc1)N1CCN(C(=O)c2cccc(F)c2)CC1. The van der Waals surface area contributed by atoms with Crippen LogP contribution in [0, 0.1) is 5.82 Å². The summed E-state index contributed by atoms with van der Waals surface area (Å²) in [5, 5.41) is 0.666. The zero-order chi connectivity index (χ0) is 18.5. The molecule has 7 heteroatoms. The van der Waals surface area contributed by atoms with Gasteiger partial charge in [0.05, 0.1) is 5.75 Å². The Bertz CT molecular complexity index is 792. The van der Waals surface area contributed by atoms with E-state index in [1.54, 1.807) is 28.0 Å². The summed E-state index contributed by atoms with van der Waals surface area (Å²) in [6.07, 6.45) is 0. The molecule has 0 spiro atoms. The summed E-state index contributed by atoms with van der Waals surface area (Å²) in [4.78, 5) is 29.2. The van der Waals surface area contributed by atoms with Crippen LogP contribution in [0.2, 0.25) is 5.02 Å². The summed E-state index contributed by atoms with van der Waals surface area (Å²) in [6.45, 7) is 1.88. The summed E-state index contributed by atoms with van der Waals surface area (Å²) in [6, 6.07) is 13.0. The van der Waals surface area contributed by atoms with Crippen LogP contribution >= 0.6 is 23.4 Å². The van der Waals surface area contributed by atoms with Crippen molar-refractivity contribution in [3.63, 3.8) is 0 Å². The molecule has 0 unspecified atom stereocenters. The molecule has 136 valence electrons. The lowest BCUT2D eigenvalue weighted by atomic mass is 10.1. The van der Waals surface area contributed by atoms with Crippen LogP contribution in [0.3, 0.4) is 0 Å². The van der Waals surface area contributed by atoms with Crippen LogP contribution in [-0.4, -0.2) is 53.5 Å². The summed E-state index contributed by atoms with van der Waals surface area (Å²) in [5.41, 5.74) is 0.336. The molecule has 0 bridgehead atoms. The maximum absolute atomic E-state index is 13.3. The Hall–Kier alpha value is -2.05. The second-order valence-corrected chi connectivity index (χ2v) is 7.41. The molecule has 4 nitrogen and oxygen atoms in total. The molecule has 1 heterocycles. The van der Waals surface area contributed by atoms with Gasteiger partial charge in [0, 0.05) is 41.7 Å². The number of piperazine rings is 1. The lowest BCUT2D eigenvalue weighted by Gasteiger charge is -2.34. The van der Waals surface area contributed by atoms with Crippen LogP contribution in [0.25, 0.3) is 0 Å². The van der Waals surface area contributed by atoms with Gasteiger partial charge in [-0.1, -0.05) is 17.7 Å². The molecule has 1 aliphatic heterocycles. The second kappa shape index (κ2) is 8.56. The standard InChI is InChI=1S/C19H18ClFN2O2S/c20-15-4-6-17(7-5-15)26-13-18(24)22-8-10-23(11-9-22)19(25)14-2-1-3-16(21)12-14/h1-7,12H,8-11,13H2. The minimum absolute atomic E-state index is 0.0443. The number of thioether (sulfide) groups is 1. The molecule has 3 rings (SSSR count). The molecule has 0 atom stereocenters. The van der Waals surface area contributed by atoms with Crippen molar-refractivity contribution in [3.8, 4) is 0 Å². The lowest BCUT2D eigenvalue weighted by molar-refractivity contribution is -0.129. The van der Waals surface area contributed by atoms with Gasteiger partial charge < -0.3 is 9.80 Å². The van der Waals surface area contributed by atoms with Gasteiger partial charge in [0.25, 0.3) is 5.91 Å². The lowest BCUT2D eigenvalue weighted by Crippen LogP contribution is -2.51. The zero-order valence-electron chi connectivity index (χ0n) is 14.0. The van der Waals surface area contributed by atoms with Gasteiger partial charge in [0.2, 0.25) is 5.91 Å². The molecule has 26 heavy (non-hydrogen) atoms. The quantitative estimate of drug-likeness (QED) is 0.747. The molecule has 1 saturated heterocycles. The van der Waals surface area contributed by atoms with E-state index in [1.807, 2.05) is 12.1 Å². The fourth-order valence-corrected chi connectivity index (χ4v) is 3.66. The predicted molar refractivity (Wildman–Crippen MR) is 101 cm³/mol. The summed E-state index contributed by atoms with van der Waals surface area (Å²) >= 11 is 7.32. The number of amides is 2. The van der Waals surface area contributed by atoms with Crippen LogP contribution in [0.5, 0.6) is 0 Å². The molecule has 2 amide bonds. The van der Waals surface area contributed by atoms with Crippen molar-refractivity contribution in [2.45, 2.75) is 4.90 Å². The number of rotatable bonds is 4. The minimum Gasteiger partial charge on any atom is -0.338 e. The molecule has 0 N–H and O–H groups in total. The molecule has 0 aliphatic carbocycles. The number of nitrogens with zero attached hydrogens (tertiary/aromatic N) is 2. The Morgan fingerprint density at radius 2 is 1.65 bits per heavy atom. The Labute approximate surface area is 160 Å². The number of benzene rings is 2. The number of carbonyl (C=O) groups is 2. The smallest absolute Gasteiger partial charge is 0.254 e. The highest BCUT2D eigenvalue weighted by atomic mass is 35.5. The van der Waals surface area contributed by atoms with Crippen LogP contribution in [-0.2, 0) is 4.79 Å². The van der Waals surface area contributed by atoms with Crippen molar-refractivity contribution in [1.29, 1.82) is 0 Å². The first-order chi connectivity index (χ1) is 12.5. The van der Waals surface area contributed by atoms with Gasteiger partial charge in [-0.2, -0.15) is 0 Å². The van der Waals surface area contributed by atoms with Gasteiger partial charge in [-0.15, -0.1) is 11.8 Å². The molecular weight excluding hydrogens is 375 g/mol. The van der Waals surface area contributed by atoms with E-state index in [9.17, 15) is 14.0 Å². The molecule has 0 saturated carbocycles. The van der Waals surface area contributed by atoms with E-state index in [0.29, 0.717) is 42.5 Å². The van der Waals surface area contributed by atoms with Gasteiger partial charge >= 0.3 is 0 Å². The highest BCUT2D eigenvalue weighted by Gasteiger charge is 2.24. The van der Waals surface area contributed by atoms with E-state index in [4.69, 9.17) is 11.6 Å². The topological polar surface area (TPSA) is 40.6 Å². The van der Waals surface area contributed by atoms with Crippen molar-refractivity contribution in [2.75, 3.05) is 31.9 Å². The molecule has 2 aromatic carbocycles.